The molecule has 2 aromatic rings. The Hall–Kier alpha value is -2.37. The maximum Gasteiger partial charge on any atom is 0.254 e. The number of carbonyl (C=O) groups excluding carboxylic acids is 1. The minimum absolute atomic E-state index is 0.137. The van der Waals surface area contributed by atoms with E-state index < -0.39 is 0 Å². The standard InChI is InChI=1S/C25H31N3O2/c29-25(28-13-9-19-3-1-2-4-21(19)17-28)20-5-7-24(8-6-20)27-14-10-22(11-15-27)26-23-12-16-30-18-23/h1-8,22-23,26H,9-18H2/t23-/m0/s1. The van der Waals surface area contributed by atoms with Gasteiger partial charge < -0.3 is 19.9 Å². The van der Waals surface area contributed by atoms with E-state index in [1.807, 2.05) is 17.0 Å². The van der Waals surface area contributed by atoms with Gasteiger partial charge in [-0.3, -0.25) is 4.79 Å². The zero-order chi connectivity index (χ0) is 20.3. The zero-order valence-electron chi connectivity index (χ0n) is 17.6. The molecule has 3 aliphatic rings. The maximum atomic E-state index is 13.0. The summed E-state index contributed by atoms with van der Waals surface area (Å²) >= 11 is 0. The van der Waals surface area contributed by atoms with E-state index in [0.717, 1.165) is 64.1 Å². The highest BCUT2D eigenvalue weighted by molar-refractivity contribution is 5.94. The van der Waals surface area contributed by atoms with Gasteiger partial charge in [0.2, 0.25) is 0 Å². The summed E-state index contributed by atoms with van der Waals surface area (Å²) in [7, 11) is 0. The average Bonchev–Trinajstić information content (AvgIpc) is 3.32. The molecule has 0 aliphatic carbocycles. The van der Waals surface area contributed by atoms with E-state index in [0.29, 0.717) is 18.6 Å². The number of amides is 1. The highest BCUT2D eigenvalue weighted by atomic mass is 16.5. The fraction of sp³-hybridized carbons (Fsp3) is 0.480. The molecular weight excluding hydrogens is 374 g/mol. The number of carbonyl (C=O) groups is 1. The molecule has 5 nitrogen and oxygen atoms in total. The SMILES string of the molecule is O=C(c1ccc(N2CCC(N[C@H]3CCOC3)CC2)cc1)N1CCc2ccccc2C1. The average molecular weight is 406 g/mol. The number of hydrogen-bond donors (Lipinski definition) is 1. The van der Waals surface area contributed by atoms with E-state index in [9.17, 15) is 4.79 Å². The van der Waals surface area contributed by atoms with E-state index in [1.54, 1.807) is 0 Å². The molecule has 158 valence electrons. The zero-order valence-corrected chi connectivity index (χ0v) is 17.6. The molecule has 1 amide bonds. The molecule has 3 heterocycles. The molecule has 3 aliphatic heterocycles. The lowest BCUT2D eigenvalue weighted by atomic mass is 9.99. The van der Waals surface area contributed by atoms with Crippen molar-refractivity contribution in [2.75, 3.05) is 37.7 Å². The van der Waals surface area contributed by atoms with Crippen molar-refractivity contribution in [1.82, 2.24) is 10.2 Å². The van der Waals surface area contributed by atoms with Crippen molar-refractivity contribution >= 4 is 11.6 Å². The topological polar surface area (TPSA) is 44.8 Å². The molecule has 0 spiro atoms. The third-order valence-corrected chi connectivity index (χ3v) is 6.79. The number of rotatable bonds is 4. The predicted octanol–water partition coefficient (Wildman–Crippen LogP) is 3.23. The lowest BCUT2D eigenvalue weighted by Gasteiger charge is -2.35. The van der Waals surface area contributed by atoms with Crippen LogP contribution in [0, 0.1) is 0 Å². The van der Waals surface area contributed by atoms with Crippen molar-refractivity contribution in [3.05, 3.63) is 65.2 Å². The molecular formula is C25H31N3O2. The molecule has 1 atom stereocenters. The first-order valence-corrected chi connectivity index (χ1v) is 11.3. The van der Waals surface area contributed by atoms with Crippen LogP contribution in [-0.4, -0.2) is 55.7 Å². The van der Waals surface area contributed by atoms with Gasteiger partial charge in [-0.15, -0.1) is 0 Å². The monoisotopic (exact) mass is 405 g/mol. The van der Waals surface area contributed by atoms with Gasteiger partial charge in [0.05, 0.1) is 6.61 Å². The Morgan fingerprint density at radius 2 is 1.67 bits per heavy atom. The third-order valence-electron chi connectivity index (χ3n) is 6.79. The quantitative estimate of drug-likeness (QED) is 0.848. The van der Waals surface area contributed by atoms with Crippen LogP contribution in [0.3, 0.4) is 0 Å². The summed E-state index contributed by atoms with van der Waals surface area (Å²) in [5.41, 5.74) is 4.65. The molecule has 2 fully saturated rings. The number of nitrogens with one attached hydrogen (secondary N) is 1. The number of ether oxygens (including phenoxy) is 1. The largest absolute Gasteiger partial charge is 0.380 e. The van der Waals surface area contributed by atoms with Gasteiger partial charge in [0, 0.05) is 56.1 Å². The van der Waals surface area contributed by atoms with Crippen LogP contribution in [0.25, 0.3) is 0 Å². The third kappa shape index (κ3) is 4.23. The Morgan fingerprint density at radius 1 is 0.900 bits per heavy atom. The van der Waals surface area contributed by atoms with Crippen molar-refractivity contribution < 1.29 is 9.53 Å². The summed E-state index contributed by atoms with van der Waals surface area (Å²) in [6.45, 7) is 5.38. The lowest BCUT2D eigenvalue weighted by Crippen LogP contribution is -2.46. The second kappa shape index (κ2) is 8.78. The van der Waals surface area contributed by atoms with Crippen LogP contribution in [0.5, 0.6) is 0 Å². The molecule has 2 aromatic carbocycles. The van der Waals surface area contributed by atoms with Crippen LogP contribution in [0.4, 0.5) is 5.69 Å². The van der Waals surface area contributed by atoms with Crippen LogP contribution in [0.2, 0.25) is 0 Å². The van der Waals surface area contributed by atoms with Gasteiger partial charge in [0.15, 0.2) is 0 Å². The van der Waals surface area contributed by atoms with Crippen LogP contribution < -0.4 is 10.2 Å². The van der Waals surface area contributed by atoms with E-state index in [2.05, 4.69) is 46.6 Å². The minimum Gasteiger partial charge on any atom is -0.380 e. The molecule has 0 radical (unpaired) electrons. The van der Waals surface area contributed by atoms with Gasteiger partial charge in [-0.2, -0.15) is 0 Å². The number of nitrogens with zero attached hydrogens (tertiary/aromatic N) is 2. The van der Waals surface area contributed by atoms with Gasteiger partial charge in [-0.1, -0.05) is 24.3 Å². The normalized spacial score (nSPS) is 22.2. The Bertz CT molecular complexity index is 868. The van der Waals surface area contributed by atoms with E-state index in [-0.39, 0.29) is 5.91 Å². The Labute approximate surface area is 179 Å². The van der Waals surface area contributed by atoms with Crippen LogP contribution in [0.1, 0.15) is 40.7 Å². The van der Waals surface area contributed by atoms with Crippen molar-refractivity contribution in [2.24, 2.45) is 0 Å². The number of anilines is 1. The Morgan fingerprint density at radius 3 is 2.40 bits per heavy atom. The van der Waals surface area contributed by atoms with Gasteiger partial charge >= 0.3 is 0 Å². The lowest BCUT2D eigenvalue weighted by molar-refractivity contribution is 0.0734. The summed E-state index contributed by atoms with van der Waals surface area (Å²) < 4.78 is 5.48. The fourth-order valence-corrected chi connectivity index (χ4v) is 4.97. The second-order valence-electron chi connectivity index (χ2n) is 8.78. The van der Waals surface area contributed by atoms with Gasteiger partial charge in [0.1, 0.15) is 0 Å². The summed E-state index contributed by atoms with van der Waals surface area (Å²) in [5, 5.41) is 3.76. The maximum absolute atomic E-state index is 13.0. The molecule has 30 heavy (non-hydrogen) atoms. The summed E-state index contributed by atoms with van der Waals surface area (Å²) in [6, 6.07) is 17.8. The van der Waals surface area contributed by atoms with Gasteiger partial charge in [-0.25, -0.2) is 0 Å². The van der Waals surface area contributed by atoms with Crippen LogP contribution in [0.15, 0.2) is 48.5 Å². The number of piperidine rings is 1. The summed E-state index contributed by atoms with van der Waals surface area (Å²) in [4.78, 5) is 17.4. The molecule has 0 bridgehead atoms. The predicted molar refractivity (Wildman–Crippen MR) is 119 cm³/mol. The first-order chi connectivity index (χ1) is 14.8. The molecule has 5 heteroatoms. The number of hydrogen-bond acceptors (Lipinski definition) is 4. The smallest absolute Gasteiger partial charge is 0.254 e. The summed E-state index contributed by atoms with van der Waals surface area (Å²) in [5.74, 6) is 0.137. The first kappa shape index (κ1) is 19.6. The van der Waals surface area contributed by atoms with Crippen LogP contribution in [-0.2, 0) is 17.7 Å². The molecule has 0 unspecified atom stereocenters. The second-order valence-corrected chi connectivity index (χ2v) is 8.78. The Kier molecular flexibility index (Phi) is 5.73. The van der Waals surface area contributed by atoms with Gasteiger partial charge in [-0.05, 0) is 61.1 Å². The molecule has 2 saturated heterocycles. The molecule has 5 rings (SSSR count). The first-order valence-electron chi connectivity index (χ1n) is 11.3. The highest BCUT2D eigenvalue weighted by Crippen LogP contribution is 2.24. The minimum atomic E-state index is 0.137. The van der Waals surface area contributed by atoms with Crippen molar-refractivity contribution in [1.29, 1.82) is 0 Å². The molecule has 1 N–H and O–H groups in total. The molecule has 0 saturated carbocycles. The summed E-state index contributed by atoms with van der Waals surface area (Å²) in [6.07, 6.45) is 4.39. The Balaban J connectivity index is 1.16. The highest BCUT2D eigenvalue weighted by Gasteiger charge is 2.25. The van der Waals surface area contributed by atoms with Crippen molar-refractivity contribution in [3.63, 3.8) is 0 Å². The molecule has 0 aromatic heterocycles. The van der Waals surface area contributed by atoms with Crippen molar-refractivity contribution in [3.8, 4) is 0 Å². The van der Waals surface area contributed by atoms with Crippen molar-refractivity contribution in [2.45, 2.75) is 44.3 Å². The number of benzene rings is 2. The van der Waals surface area contributed by atoms with Crippen LogP contribution >= 0.6 is 0 Å². The number of fused-ring (bicyclic) bond motifs is 1. The van der Waals surface area contributed by atoms with Gasteiger partial charge in [0.25, 0.3) is 5.91 Å². The fourth-order valence-electron chi connectivity index (χ4n) is 4.97. The van der Waals surface area contributed by atoms with E-state index >= 15 is 0 Å². The van der Waals surface area contributed by atoms with E-state index in [4.69, 9.17) is 4.74 Å². The van der Waals surface area contributed by atoms with E-state index in [1.165, 1.54) is 16.8 Å².